The second kappa shape index (κ2) is 14.6. The van der Waals surface area contributed by atoms with Crippen molar-refractivity contribution in [3.63, 3.8) is 0 Å². The van der Waals surface area contributed by atoms with E-state index in [-0.39, 0.29) is 38.1 Å². The maximum absolute atomic E-state index is 14.8. The van der Waals surface area contributed by atoms with E-state index in [9.17, 15) is 18.4 Å². The van der Waals surface area contributed by atoms with Crippen LogP contribution in [0.1, 0.15) is 67.2 Å². The van der Waals surface area contributed by atoms with Gasteiger partial charge in [-0.25, -0.2) is 8.78 Å². The molecule has 0 aromatic rings. The number of carbonyl (C=O) groups excluding carboxylic acids is 2. The normalized spacial score (nSPS) is 15.0. The van der Waals surface area contributed by atoms with Crippen LogP contribution in [0.3, 0.4) is 0 Å². The van der Waals surface area contributed by atoms with Gasteiger partial charge < -0.3 is 24.8 Å². The Labute approximate surface area is 198 Å². The Bertz CT molecular complexity index is 614. The van der Waals surface area contributed by atoms with Crippen LogP contribution in [-0.2, 0) is 23.8 Å². The highest BCUT2D eigenvalue weighted by molar-refractivity contribution is 5.89. The standard InChI is InChI=1S/C24H44F2N2O5/c1-9-10-23(25,26)15-20(13-17(2)3)28(21(29)14-18(4)5)24(19(6)7,22(27)30)33-16-32-12-11-31-8/h9,17-20H,1,10-16H2,2-8H3,(H2,27,30)/t20?,24-/m1/s1. The third-order valence-corrected chi connectivity index (χ3v) is 5.23. The number of allylic oxidation sites excluding steroid dienone is 1. The van der Waals surface area contributed by atoms with Gasteiger partial charge in [-0.05, 0) is 18.3 Å². The Kier molecular flexibility index (Phi) is 13.9. The molecule has 0 aromatic carbocycles. The van der Waals surface area contributed by atoms with Crippen molar-refractivity contribution in [2.45, 2.75) is 84.9 Å². The molecule has 33 heavy (non-hydrogen) atoms. The average Bonchev–Trinajstić information content (AvgIpc) is 2.64. The van der Waals surface area contributed by atoms with Gasteiger partial charge in [-0.15, -0.1) is 6.58 Å². The molecule has 0 aliphatic carbocycles. The number of carbonyl (C=O) groups is 2. The van der Waals surface area contributed by atoms with Gasteiger partial charge in [0.05, 0.1) is 13.2 Å². The number of ether oxygens (including phenoxy) is 3. The van der Waals surface area contributed by atoms with E-state index >= 15 is 0 Å². The summed E-state index contributed by atoms with van der Waals surface area (Å²) >= 11 is 0. The van der Waals surface area contributed by atoms with E-state index in [4.69, 9.17) is 19.9 Å². The first kappa shape index (κ1) is 31.4. The lowest BCUT2D eigenvalue weighted by Gasteiger charge is -2.48. The second-order valence-electron chi connectivity index (χ2n) is 9.58. The van der Waals surface area contributed by atoms with Crippen molar-refractivity contribution in [2.24, 2.45) is 23.5 Å². The molecule has 0 heterocycles. The molecule has 0 spiro atoms. The number of nitrogens with zero attached hydrogens (tertiary/aromatic N) is 1. The maximum Gasteiger partial charge on any atom is 0.271 e. The molecule has 0 saturated heterocycles. The van der Waals surface area contributed by atoms with Crippen molar-refractivity contribution in [1.29, 1.82) is 0 Å². The Morgan fingerprint density at radius 1 is 1.09 bits per heavy atom. The molecule has 1 unspecified atom stereocenters. The summed E-state index contributed by atoms with van der Waals surface area (Å²) in [6.45, 7) is 14.3. The number of halogens is 2. The monoisotopic (exact) mass is 478 g/mol. The first-order chi connectivity index (χ1) is 15.2. The van der Waals surface area contributed by atoms with Crippen LogP contribution in [0.5, 0.6) is 0 Å². The van der Waals surface area contributed by atoms with E-state index in [0.717, 1.165) is 6.08 Å². The summed E-state index contributed by atoms with van der Waals surface area (Å²) in [4.78, 5) is 27.6. The first-order valence-corrected chi connectivity index (χ1v) is 11.6. The van der Waals surface area contributed by atoms with E-state index in [1.807, 2.05) is 27.7 Å². The van der Waals surface area contributed by atoms with Crippen LogP contribution in [0, 0.1) is 17.8 Å². The van der Waals surface area contributed by atoms with Gasteiger partial charge in [-0.1, -0.05) is 47.6 Å². The number of nitrogens with two attached hydrogens (primary N) is 1. The number of rotatable bonds is 18. The molecule has 0 aromatic heterocycles. The van der Waals surface area contributed by atoms with Gasteiger partial charge in [-0.2, -0.15) is 0 Å². The molecule has 2 amide bonds. The summed E-state index contributed by atoms with van der Waals surface area (Å²) in [5.41, 5.74) is 3.88. The number of hydrogen-bond donors (Lipinski definition) is 1. The van der Waals surface area contributed by atoms with Crippen LogP contribution in [-0.4, -0.2) is 61.5 Å². The van der Waals surface area contributed by atoms with Crippen molar-refractivity contribution >= 4 is 11.8 Å². The van der Waals surface area contributed by atoms with Crippen molar-refractivity contribution in [1.82, 2.24) is 4.90 Å². The molecule has 2 atom stereocenters. The number of amides is 2. The number of primary amides is 1. The van der Waals surface area contributed by atoms with Crippen LogP contribution in [0.4, 0.5) is 8.78 Å². The average molecular weight is 479 g/mol. The molecule has 194 valence electrons. The molecule has 0 radical (unpaired) electrons. The Morgan fingerprint density at radius 3 is 2.12 bits per heavy atom. The highest BCUT2D eigenvalue weighted by atomic mass is 19.3. The summed E-state index contributed by atoms with van der Waals surface area (Å²) in [7, 11) is 1.51. The molecular formula is C24H44F2N2O5. The smallest absolute Gasteiger partial charge is 0.271 e. The Balaban J connectivity index is 6.54. The predicted molar refractivity (Wildman–Crippen MR) is 124 cm³/mol. The molecule has 9 heteroatoms. The molecule has 0 bridgehead atoms. The molecule has 0 aliphatic rings. The van der Waals surface area contributed by atoms with Gasteiger partial charge in [-0.3, -0.25) is 9.59 Å². The zero-order chi connectivity index (χ0) is 25.8. The van der Waals surface area contributed by atoms with E-state index in [0.29, 0.717) is 6.61 Å². The van der Waals surface area contributed by atoms with E-state index in [1.165, 1.54) is 12.0 Å². The van der Waals surface area contributed by atoms with Crippen LogP contribution in [0.25, 0.3) is 0 Å². The van der Waals surface area contributed by atoms with E-state index < -0.39 is 48.3 Å². The minimum absolute atomic E-state index is 0.0282. The van der Waals surface area contributed by atoms with Crippen LogP contribution in [0.2, 0.25) is 0 Å². The third-order valence-electron chi connectivity index (χ3n) is 5.23. The SMILES string of the molecule is C=CCC(F)(F)CC(CC(C)C)N(C(=O)CC(C)C)[C@](OCOCCOC)(C(N)=O)C(C)C. The first-order valence-electron chi connectivity index (χ1n) is 11.6. The van der Waals surface area contributed by atoms with Crippen LogP contribution in [0.15, 0.2) is 12.7 Å². The number of alkyl halides is 2. The van der Waals surface area contributed by atoms with Crippen LogP contribution < -0.4 is 5.73 Å². The summed E-state index contributed by atoms with van der Waals surface area (Å²) in [6, 6.07) is -0.986. The van der Waals surface area contributed by atoms with Gasteiger partial charge in [0.2, 0.25) is 11.6 Å². The minimum Gasteiger partial charge on any atom is -0.382 e. The second-order valence-corrected chi connectivity index (χ2v) is 9.58. The fraction of sp³-hybridized carbons (Fsp3) is 0.833. The number of hydrogen-bond acceptors (Lipinski definition) is 5. The lowest BCUT2D eigenvalue weighted by Crippen LogP contribution is -2.68. The van der Waals surface area contributed by atoms with Crippen molar-refractivity contribution in [2.75, 3.05) is 27.1 Å². The summed E-state index contributed by atoms with van der Waals surface area (Å²) in [5, 5.41) is 0. The fourth-order valence-corrected chi connectivity index (χ4v) is 3.89. The molecule has 0 fully saturated rings. The lowest BCUT2D eigenvalue weighted by molar-refractivity contribution is -0.237. The maximum atomic E-state index is 14.8. The zero-order valence-electron chi connectivity index (χ0n) is 21.4. The molecule has 0 aliphatic heterocycles. The highest BCUT2D eigenvalue weighted by Crippen LogP contribution is 2.37. The number of methoxy groups -OCH3 is 1. The van der Waals surface area contributed by atoms with Gasteiger partial charge in [0.15, 0.2) is 0 Å². The Hall–Kier alpha value is -1.58. The van der Waals surface area contributed by atoms with Crippen molar-refractivity contribution in [3.05, 3.63) is 12.7 Å². The summed E-state index contributed by atoms with van der Waals surface area (Å²) in [5.74, 6) is -5.23. The molecule has 7 nitrogen and oxygen atoms in total. The third kappa shape index (κ3) is 10.1. The molecule has 0 rings (SSSR count). The minimum atomic E-state index is -3.12. The molecular weight excluding hydrogens is 434 g/mol. The van der Waals surface area contributed by atoms with Crippen molar-refractivity contribution < 1.29 is 32.6 Å². The topological polar surface area (TPSA) is 91.1 Å². The summed E-state index contributed by atoms with van der Waals surface area (Å²) < 4.78 is 45.8. The van der Waals surface area contributed by atoms with E-state index in [1.54, 1.807) is 13.8 Å². The predicted octanol–water partition coefficient (Wildman–Crippen LogP) is 4.35. The van der Waals surface area contributed by atoms with Gasteiger partial charge >= 0.3 is 0 Å². The highest BCUT2D eigenvalue weighted by Gasteiger charge is 2.53. The van der Waals surface area contributed by atoms with Crippen LogP contribution >= 0.6 is 0 Å². The largest absolute Gasteiger partial charge is 0.382 e. The fourth-order valence-electron chi connectivity index (χ4n) is 3.89. The quantitative estimate of drug-likeness (QED) is 0.180. The van der Waals surface area contributed by atoms with Crippen molar-refractivity contribution in [3.8, 4) is 0 Å². The Morgan fingerprint density at radius 2 is 1.70 bits per heavy atom. The zero-order valence-corrected chi connectivity index (χ0v) is 21.4. The van der Waals surface area contributed by atoms with Gasteiger partial charge in [0.25, 0.3) is 11.8 Å². The lowest BCUT2D eigenvalue weighted by atomic mass is 9.88. The van der Waals surface area contributed by atoms with Gasteiger partial charge in [0, 0.05) is 38.3 Å². The van der Waals surface area contributed by atoms with E-state index in [2.05, 4.69) is 6.58 Å². The summed E-state index contributed by atoms with van der Waals surface area (Å²) in [6.07, 6.45) is 0.261. The molecule has 2 N–H and O–H groups in total. The van der Waals surface area contributed by atoms with Gasteiger partial charge in [0.1, 0.15) is 6.79 Å². The molecule has 0 saturated carbocycles.